The van der Waals surface area contributed by atoms with Gasteiger partial charge in [0.05, 0.1) is 18.0 Å². The molecule has 0 aromatic heterocycles. The first-order valence-electron chi connectivity index (χ1n) is 5.76. The van der Waals surface area contributed by atoms with Crippen LogP contribution in [-0.2, 0) is 14.3 Å². The van der Waals surface area contributed by atoms with Gasteiger partial charge in [0.2, 0.25) is 0 Å². The molecule has 0 radical (unpaired) electrons. The van der Waals surface area contributed by atoms with Crippen molar-refractivity contribution < 1.29 is 14.3 Å². The molecule has 1 amide bonds. The van der Waals surface area contributed by atoms with E-state index in [9.17, 15) is 9.59 Å². The van der Waals surface area contributed by atoms with E-state index in [0.717, 1.165) is 0 Å². The number of para-hydroxylation sites is 1. The maximum absolute atomic E-state index is 12.1. The van der Waals surface area contributed by atoms with Crippen molar-refractivity contribution in [3.63, 3.8) is 0 Å². The fourth-order valence-corrected chi connectivity index (χ4v) is 1.82. The molecule has 0 N–H and O–H groups in total. The minimum atomic E-state index is -0.912. The van der Waals surface area contributed by atoms with E-state index in [1.165, 1.54) is 5.01 Å². The molecule has 94 valence electrons. The number of ether oxygens (including phenoxy) is 1. The SMILES string of the molecule is CCOC(=O)[C@@H]1C(=O)N(c2ccccc2)N=C1C. The number of carbonyl (C=O) groups is 2. The van der Waals surface area contributed by atoms with Gasteiger partial charge in [0.25, 0.3) is 5.91 Å². The average Bonchev–Trinajstić information content (AvgIpc) is 2.66. The van der Waals surface area contributed by atoms with Crippen LogP contribution in [0.3, 0.4) is 0 Å². The van der Waals surface area contributed by atoms with E-state index in [-0.39, 0.29) is 12.5 Å². The summed E-state index contributed by atoms with van der Waals surface area (Å²) in [7, 11) is 0. The third kappa shape index (κ3) is 2.11. The van der Waals surface area contributed by atoms with Crippen molar-refractivity contribution in [3.05, 3.63) is 30.3 Å². The Labute approximate surface area is 105 Å². The number of hydrazone groups is 1. The Morgan fingerprint density at radius 3 is 2.67 bits per heavy atom. The Morgan fingerprint density at radius 1 is 1.39 bits per heavy atom. The topological polar surface area (TPSA) is 59.0 Å². The summed E-state index contributed by atoms with van der Waals surface area (Å²) < 4.78 is 4.88. The highest BCUT2D eigenvalue weighted by Gasteiger charge is 2.40. The molecule has 2 rings (SSSR count). The lowest BCUT2D eigenvalue weighted by Crippen LogP contribution is -2.33. The average molecular weight is 246 g/mol. The smallest absolute Gasteiger partial charge is 0.324 e. The number of hydrogen-bond donors (Lipinski definition) is 0. The van der Waals surface area contributed by atoms with Crippen LogP contribution in [0.2, 0.25) is 0 Å². The molecule has 0 aliphatic carbocycles. The first kappa shape index (κ1) is 12.3. The fraction of sp³-hybridized carbons (Fsp3) is 0.308. The maximum atomic E-state index is 12.1. The van der Waals surface area contributed by atoms with Gasteiger partial charge in [-0.1, -0.05) is 18.2 Å². The van der Waals surface area contributed by atoms with Crippen molar-refractivity contribution in [2.75, 3.05) is 11.6 Å². The lowest BCUT2D eigenvalue weighted by atomic mass is 10.1. The van der Waals surface area contributed by atoms with Gasteiger partial charge in [-0.25, -0.2) is 0 Å². The Hall–Kier alpha value is -2.17. The summed E-state index contributed by atoms with van der Waals surface area (Å²) in [6, 6.07) is 9.00. The Bertz CT molecular complexity index is 496. The van der Waals surface area contributed by atoms with Crippen molar-refractivity contribution in [2.24, 2.45) is 11.0 Å². The minimum absolute atomic E-state index is 0.251. The molecule has 1 aliphatic rings. The van der Waals surface area contributed by atoms with Crippen LogP contribution in [0.1, 0.15) is 13.8 Å². The molecule has 0 saturated heterocycles. The van der Waals surface area contributed by atoms with Crippen LogP contribution in [0.25, 0.3) is 0 Å². The van der Waals surface area contributed by atoms with Crippen molar-refractivity contribution >= 4 is 23.3 Å². The first-order valence-corrected chi connectivity index (χ1v) is 5.76. The van der Waals surface area contributed by atoms with Crippen LogP contribution in [-0.4, -0.2) is 24.2 Å². The van der Waals surface area contributed by atoms with Gasteiger partial charge < -0.3 is 4.74 Å². The van der Waals surface area contributed by atoms with Gasteiger partial charge in [-0.2, -0.15) is 10.1 Å². The molecule has 0 unspecified atom stereocenters. The lowest BCUT2D eigenvalue weighted by Gasteiger charge is -2.13. The molecule has 1 heterocycles. The lowest BCUT2D eigenvalue weighted by molar-refractivity contribution is -0.148. The number of nitrogens with zero attached hydrogens (tertiary/aromatic N) is 2. The van der Waals surface area contributed by atoms with Crippen LogP contribution >= 0.6 is 0 Å². The van der Waals surface area contributed by atoms with Gasteiger partial charge in [-0.3, -0.25) is 9.59 Å². The Morgan fingerprint density at radius 2 is 2.06 bits per heavy atom. The highest BCUT2D eigenvalue weighted by molar-refractivity contribution is 6.25. The summed E-state index contributed by atoms with van der Waals surface area (Å²) in [6.45, 7) is 3.61. The van der Waals surface area contributed by atoms with Gasteiger partial charge in [0, 0.05) is 0 Å². The van der Waals surface area contributed by atoms with E-state index in [1.807, 2.05) is 18.2 Å². The van der Waals surface area contributed by atoms with Crippen molar-refractivity contribution in [1.29, 1.82) is 0 Å². The van der Waals surface area contributed by atoms with E-state index in [4.69, 9.17) is 4.74 Å². The van der Waals surface area contributed by atoms with Crippen LogP contribution < -0.4 is 5.01 Å². The molecule has 0 fully saturated rings. The van der Waals surface area contributed by atoms with Gasteiger partial charge in [-0.15, -0.1) is 0 Å². The molecule has 5 nitrogen and oxygen atoms in total. The van der Waals surface area contributed by atoms with Crippen LogP contribution in [0, 0.1) is 5.92 Å². The molecule has 0 saturated carbocycles. The second kappa shape index (κ2) is 5.00. The zero-order valence-electron chi connectivity index (χ0n) is 10.3. The highest BCUT2D eigenvalue weighted by atomic mass is 16.5. The molecule has 5 heteroatoms. The minimum Gasteiger partial charge on any atom is -0.465 e. The first-order chi connectivity index (χ1) is 8.65. The number of benzene rings is 1. The molecule has 1 aromatic rings. The molecule has 0 spiro atoms. The van der Waals surface area contributed by atoms with Gasteiger partial charge >= 0.3 is 5.97 Å². The predicted molar refractivity (Wildman–Crippen MR) is 67.2 cm³/mol. The molecular weight excluding hydrogens is 232 g/mol. The van der Waals surface area contributed by atoms with Crippen LogP contribution in [0.15, 0.2) is 35.4 Å². The zero-order chi connectivity index (χ0) is 13.1. The van der Waals surface area contributed by atoms with E-state index in [0.29, 0.717) is 11.4 Å². The van der Waals surface area contributed by atoms with Gasteiger partial charge in [-0.05, 0) is 26.0 Å². The summed E-state index contributed by atoms with van der Waals surface area (Å²) in [4.78, 5) is 23.8. The second-order valence-corrected chi connectivity index (χ2v) is 3.91. The zero-order valence-corrected chi connectivity index (χ0v) is 10.3. The van der Waals surface area contributed by atoms with E-state index in [2.05, 4.69) is 5.10 Å². The Kier molecular flexibility index (Phi) is 3.41. The predicted octanol–water partition coefficient (Wildman–Crippen LogP) is 1.59. The van der Waals surface area contributed by atoms with Gasteiger partial charge in [0.1, 0.15) is 0 Å². The normalized spacial score (nSPS) is 18.8. The molecular formula is C13H14N2O3. The van der Waals surface area contributed by atoms with Crippen LogP contribution in [0.4, 0.5) is 5.69 Å². The van der Waals surface area contributed by atoms with Crippen molar-refractivity contribution in [1.82, 2.24) is 0 Å². The van der Waals surface area contributed by atoms with E-state index >= 15 is 0 Å². The molecule has 0 bridgehead atoms. The molecule has 18 heavy (non-hydrogen) atoms. The van der Waals surface area contributed by atoms with Crippen molar-refractivity contribution in [2.45, 2.75) is 13.8 Å². The standard InChI is InChI=1S/C13H14N2O3/c1-3-18-13(17)11-9(2)14-15(12(11)16)10-7-5-4-6-8-10/h4-8,11H,3H2,1-2H3/t11-/m0/s1. The van der Waals surface area contributed by atoms with Gasteiger partial charge in [0.15, 0.2) is 5.92 Å². The number of esters is 1. The number of carbonyl (C=O) groups excluding carboxylic acids is 2. The number of anilines is 1. The number of rotatable bonds is 3. The molecule has 1 atom stereocenters. The summed E-state index contributed by atoms with van der Waals surface area (Å²) in [5.41, 5.74) is 1.11. The van der Waals surface area contributed by atoms with E-state index in [1.54, 1.807) is 26.0 Å². The monoisotopic (exact) mass is 246 g/mol. The third-order valence-corrected chi connectivity index (χ3v) is 2.65. The second-order valence-electron chi connectivity index (χ2n) is 3.91. The van der Waals surface area contributed by atoms with Crippen LogP contribution in [0.5, 0.6) is 0 Å². The summed E-state index contributed by atoms with van der Waals surface area (Å²) in [5.74, 6) is -1.82. The Balaban J connectivity index is 2.24. The quantitative estimate of drug-likeness (QED) is 0.601. The summed E-state index contributed by atoms with van der Waals surface area (Å²) >= 11 is 0. The van der Waals surface area contributed by atoms with Crippen molar-refractivity contribution in [3.8, 4) is 0 Å². The number of amides is 1. The largest absolute Gasteiger partial charge is 0.465 e. The molecule has 1 aromatic carbocycles. The summed E-state index contributed by atoms with van der Waals surface area (Å²) in [6.07, 6.45) is 0. The maximum Gasteiger partial charge on any atom is 0.324 e. The highest BCUT2D eigenvalue weighted by Crippen LogP contribution is 2.24. The van der Waals surface area contributed by atoms with E-state index < -0.39 is 11.9 Å². The fourth-order valence-electron chi connectivity index (χ4n) is 1.82. The summed E-state index contributed by atoms with van der Waals surface area (Å²) in [5, 5.41) is 5.37. The number of hydrogen-bond acceptors (Lipinski definition) is 4. The third-order valence-electron chi connectivity index (χ3n) is 2.65. The molecule has 1 aliphatic heterocycles.